The van der Waals surface area contributed by atoms with Crippen molar-refractivity contribution in [1.82, 2.24) is 20.1 Å². The maximum atomic E-state index is 12.0. The molecule has 0 fully saturated rings. The zero-order valence-corrected chi connectivity index (χ0v) is 15.0. The molecule has 1 amide bonds. The van der Waals surface area contributed by atoms with Crippen molar-refractivity contribution >= 4 is 12.0 Å². The van der Waals surface area contributed by atoms with Gasteiger partial charge in [0.1, 0.15) is 0 Å². The Morgan fingerprint density at radius 1 is 1.12 bits per heavy atom. The van der Waals surface area contributed by atoms with Gasteiger partial charge < -0.3 is 5.32 Å². The van der Waals surface area contributed by atoms with Crippen molar-refractivity contribution in [3.05, 3.63) is 83.3 Å². The van der Waals surface area contributed by atoms with Gasteiger partial charge in [-0.3, -0.25) is 4.79 Å². The number of carbonyl (C=O) groups excluding carboxylic acids is 1. The zero-order chi connectivity index (χ0) is 18.4. The van der Waals surface area contributed by atoms with E-state index in [-0.39, 0.29) is 5.91 Å². The number of hydrogen-bond acceptors (Lipinski definition) is 3. The Kier molecular flexibility index (Phi) is 5.59. The molecule has 5 nitrogen and oxygen atoms in total. The highest BCUT2D eigenvalue weighted by Gasteiger charge is 2.13. The van der Waals surface area contributed by atoms with Crippen molar-refractivity contribution in [2.45, 2.75) is 20.3 Å². The first-order valence-corrected chi connectivity index (χ1v) is 8.62. The Balaban J connectivity index is 1.59. The fourth-order valence-corrected chi connectivity index (χ4v) is 2.84. The highest BCUT2D eigenvalue weighted by Crippen LogP contribution is 2.16. The molecule has 0 spiro atoms. The monoisotopic (exact) mass is 346 g/mol. The number of aromatic nitrogens is 3. The maximum absolute atomic E-state index is 12.0. The Bertz CT molecular complexity index is 899. The first-order chi connectivity index (χ1) is 12.6. The molecule has 0 saturated heterocycles. The van der Waals surface area contributed by atoms with E-state index in [2.05, 4.69) is 15.4 Å². The molecule has 2 heterocycles. The van der Waals surface area contributed by atoms with Crippen molar-refractivity contribution in [2.24, 2.45) is 0 Å². The van der Waals surface area contributed by atoms with Crippen LogP contribution in [0.1, 0.15) is 22.5 Å². The summed E-state index contributed by atoms with van der Waals surface area (Å²) in [7, 11) is 0. The summed E-state index contributed by atoms with van der Waals surface area (Å²) in [5.74, 6) is 0.704. The van der Waals surface area contributed by atoms with Gasteiger partial charge in [-0.2, -0.15) is 5.10 Å². The number of carbonyl (C=O) groups is 1. The van der Waals surface area contributed by atoms with Gasteiger partial charge in [-0.25, -0.2) is 9.67 Å². The van der Waals surface area contributed by atoms with Gasteiger partial charge in [-0.15, -0.1) is 0 Å². The first kappa shape index (κ1) is 17.6. The van der Waals surface area contributed by atoms with Crippen molar-refractivity contribution in [2.75, 3.05) is 6.54 Å². The van der Waals surface area contributed by atoms with Gasteiger partial charge in [-0.05, 0) is 49.6 Å². The van der Waals surface area contributed by atoms with Crippen LogP contribution in [0.2, 0.25) is 0 Å². The van der Waals surface area contributed by atoms with Gasteiger partial charge in [0.2, 0.25) is 5.91 Å². The smallest absolute Gasteiger partial charge is 0.244 e. The Hall–Kier alpha value is -3.21. The third kappa shape index (κ3) is 4.25. The van der Waals surface area contributed by atoms with Crippen molar-refractivity contribution in [3.8, 4) is 5.82 Å². The average molecular weight is 346 g/mol. The van der Waals surface area contributed by atoms with E-state index in [1.807, 2.05) is 73.1 Å². The fourth-order valence-electron chi connectivity index (χ4n) is 2.84. The second kappa shape index (κ2) is 8.25. The quantitative estimate of drug-likeness (QED) is 0.697. The Morgan fingerprint density at radius 2 is 1.88 bits per heavy atom. The summed E-state index contributed by atoms with van der Waals surface area (Å²) >= 11 is 0. The lowest BCUT2D eigenvalue weighted by Gasteiger charge is -2.05. The van der Waals surface area contributed by atoms with Crippen LogP contribution in [-0.4, -0.2) is 27.2 Å². The third-order valence-corrected chi connectivity index (χ3v) is 4.21. The van der Waals surface area contributed by atoms with Crippen molar-refractivity contribution in [3.63, 3.8) is 0 Å². The summed E-state index contributed by atoms with van der Waals surface area (Å²) in [4.78, 5) is 16.3. The number of hydrogen-bond donors (Lipinski definition) is 1. The summed E-state index contributed by atoms with van der Waals surface area (Å²) in [5, 5.41) is 7.51. The fraction of sp³-hybridized carbons (Fsp3) is 0.190. The molecule has 0 atom stereocenters. The van der Waals surface area contributed by atoms with E-state index in [1.54, 1.807) is 12.3 Å². The van der Waals surface area contributed by atoms with Crippen LogP contribution in [0, 0.1) is 13.8 Å². The van der Waals surface area contributed by atoms with E-state index in [0.29, 0.717) is 6.54 Å². The number of pyridine rings is 1. The molecule has 26 heavy (non-hydrogen) atoms. The molecule has 0 radical (unpaired) electrons. The molecule has 132 valence electrons. The third-order valence-electron chi connectivity index (χ3n) is 4.21. The largest absolute Gasteiger partial charge is 0.352 e. The summed E-state index contributed by atoms with van der Waals surface area (Å²) in [6.45, 7) is 4.58. The Labute approximate surface area is 153 Å². The minimum atomic E-state index is -0.0960. The summed E-state index contributed by atoms with van der Waals surface area (Å²) < 4.78 is 1.85. The molecule has 0 aliphatic carbocycles. The molecular formula is C21H22N4O. The van der Waals surface area contributed by atoms with E-state index in [0.717, 1.165) is 34.8 Å². The topological polar surface area (TPSA) is 59.8 Å². The van der Waals surface area contributed by atoms with Crippen molar-refractivity contribution < 1.29 is 4.79 Å². The molecule has 2 aromatic heterocycles. The minimum Gasteiger partial charge on any atom is -0.352 e. The first-order valence-electron chi connectivity index (χ1n) is 8.62. The normalized spacial score (nSPS) is 11.0. The van der Waals surface area contributed by atoms with Gasteiger partial charge in [0.05, 0.1) is 5.69 Å². The predicted octanol–water partition coefficient (Wildman–Crippen LogP) is 3.26. The van der Waals surface area contributed by atoms with Crippen molar-refractivity contribution in [1.29, 1.82) is 0 Å². The van der Waals surface area contributed by atoms with Gasteiger partial charge in [0, 0.05) is 24.5 Å². The number of aryl methyl sites for hydroxylation is 1. The maximum Gasteiger partial charge on any atom is 0.244 e. The van der Waals surface area contributed by atoms with Crippen LogP contribution >= 0.6 is 0 Å². The van der Waals surface area contributed by atoms with Crippen LogP contribution in [0.25, 0.3) is 11.9 Å². The standard InChI is InChI=1S/C21H22N4O/c1-16-19(17(2)25(24-16)20-10-6-7-14-22-20)13-15-23-21(26)12-11-18-8-4-3-5-9-18/h3-12,14H,13,15H2,1-2H3,(H,23,26)/b12-11+. The lowest BCUT2D eigenvalue weighted by Crippen LogP contribution is -2.23. The number of rotatable bonds is 6. The molecule has 1 aromatic carbocycles. The van der Waals surface area contributed by atoms with Crippen LogP contribution in [0.5, 0.6) is 0 Å². The molecule has 1 N–H and O–H groups in total. The minimum absolute atomic E-state index is 0.0960. The number of benzene rings is 1. The molecule has 0 bridgehead atoms. The second-order valence-electron chi connectivity index (χ2n) is 6.03. The average Bonchev–Trinajstić information content (AvgIpc) is 2.96. The molecule has 5 heteroatoms. The van der Waals surface area contributed by atoms with E-state index >= 15 is 0 Å². The Morgan fingerprint density at radius 3 is 2.62 bits per heavy atom. The molecule has 0 saturated carbocycles. The lowest BCUT2D eigenvalue weighted by atomic mass is 10.1. The number of amides is 1. The van der Waals surface area contributed by atoms with Crippen LogP contribution in [0.15, 0.2) is 60.8 Å². The second-order valence-corrected chi connectivity index (χ2v) is 6.03. The summed E-state index contributed by atoms with van der Waals surface area (Å²) in [6.07, 6.45) is 5.86. The van der Waals surface area contributed by atoms with Crippen LogP contribution in [0.3, 0.4) is 0 Å². The van der Waals surface area contributed by atoms with Crippen LogP contribution in [0.4, 0.5) is 0 Å². The van der Waals surface area contributed by atoms with Gasteiger partial charge in [-0.1, -0.05) is 36.4 Å². The molecular weight excluding hydrogens is 324 g/mol. The predicted molar refractivity (Wildman–Crippen MR) is 103 cm³/mol. The lowest BCUT2D eigenvalue weighted by molar-refractivity contribution is -0.116. The highest BCUT2D eigenvalue weighted by atomic mass is 16.1. The number of nitrogens with one attached hydrogen (secondary N) is 1. The van der Waals surface area contributed by atoms with Gasteiger partial charge >= 0.3 is 0 Å². The van der Waals surface area contributed by atoms with E-state index < -0.39 is 0 Å². The SMILES string of the molecule is Cc1nn(-c2ccccn2)c(C)c1CCNC(=O)/C=C/c1ccccc1. The van der Waals surface area contributed by atoms with Gasteiger partial charge in [0.25, 0.3) is 0 Å². The molecule has 3 rings (SSSR count). The van der Waals surface area contributed by atoms with E-state index in [4.69, 9.17) is 0 Å². The summed E-state index contributed by atoms with van der Waals surface area (Å²) in [6, 6.07) is 15.5. The van der Waals surface area contributed by atoms with Crippen LogP contribution in [-0.2, 0) is 11.2 Å². The van der Waals surface area contributed by atoms with Gasteiger partial charge in [0.15, 0.2) is 5.82 Å². The zero-order valence-electron chi connectivity index (χ0n) is 15.0. The molecule has 0 aliphatic rings. The summed E-state index contributed by atoms with van der Waals surface area (Å²) in [5.41, 5.74) is 4.16. The molecule has 3 aromatic rings. The van der Waals surface area contributed by atoms with Crippen LogP contribution < -0.4 is 5.32 Å². The molecule has 0 aliphatic heterocycles. The molecule has 0 unspecified atom stereocenters. The highest BCUT2D eigenvalue weighted by molar-refractivity contribution is 5.91. The van der Waals surface area contributed by atoms with E-state index in [9.17, 15) is 4.79 Å². The van der Waals surface area contributed by atoms with E-state index in [1.165, 1.54) is 0 Å². The number of nitrogens with zero attached hydrogens (tertiary/aromatic N) is 3.